The minimum atomic E-state index is -3.70. The number of ether oxygens (including phenoxy) is 1. The van der Waals surface area contributed by atoms with Gasteiger partial charge in [0.25, 0.3) is 0 Å². The Morgan fingerprint density at radius 3 is 2.80 bits per heavy atom. The van der Waals surface area contributed by atoms with Gasteiger partial charge in [-0.3, -0.25) is 0 Å². The number of hydrogen-bond acceptors (Lipinski definition) is 5. The lowest BCUT2D eigenvalue weighted by atomic mass is 10.2. The van der Waals surface area contributed by atoms with Crippen LogP contribution in [-0.4, -0.2) is 40.6 Å². The third-order valence-electron chi connectivity index (χ3n) is 3.02. The van der Waals surface area contributed by atoms with Crippen LogP contribution < -0.4 is 10.0 Å². The Balaban J connectivity index is 2.25. The number of carbonyl (C=O) groups excluding carboxylic acids is 1. The van der Waals surface area contributed by atoms with E-state index in [4.69, 9.17) is 11.6 Å². The number of nitrogens with one attached hydrogen (secondary N) is 2. The third-order valence-corrected chi connectivity index (χ3v) is 5.03. The normalized spacial score (nSPS) is 19.0. The van der Waals surface area contributed by atoms with Crippen molar-refractivity contribution in [3.8, 4) is 0 Å². The summed E-state index contributed by atoms with van der Waals surface area (Å²) in [6.07, 6.45) is 0.733. The SMILES string of the molecule is COC(=O)c1ccc(S(=O)(=O)NC2CCNC2)c(Cl)c1. The lowest BCUT2D eigenvalue weighted by molar-refractivity contribution is 0.0600. The molecule has 1 aromatic carbocycles. The molecule has 0 radical (unpaired) electrons. The summed E-state index contributed by atoms with van der Waals surface area (Å²) in [6, 6.07) is 3.82. The van der Waals surface area contributed by atoms with E-state index in [0.29, 0.717) is 6.54 Å². The van der Waals surface area contributed by atoms with Gasteiger partial charge in [0.1, 0.15) is 4.90 Å². The van der Waals surface area contributed by atoms with Gasteiger partial charge in [-0.1, -0.05) is 11.6 Å². The molecule has 0 spiro atoms. The average Bonchev–Trinajstić information content (AvgIpc) is 2.89. The maximum Gasteiger partial charge on any atom is 0.337 e. The van der Waals surface area contributed by atoms with Crippen LogP contribution in [0.5, 0.6) is 0 Å². The van der Waals surface area contributed by atoms with Crippen molar-refractivity contribution in [1.29, 1.82) is 0 Å². The molecule has 110 valence electrons. The Morgan fingerprint density at radius 1 is 1.50 bits per heavy atom. The van der Waals surface area contributed by atoms with Crippen molar-refractivity contribution in [2.75, 3.05) is 20.2 Å². The highest BCUT2D eigenvalue weighted by Gasteiger charge is 2.25. The van der Waals surface area contributed by atoms with E-state index in [1.807, 2.05) is 0 Å². The van der Waals surface area contributed by atoms with E-state index in [0.717, 1.165) is 13.0 Å². The van der Waals surface area contributed by atoms with Crippen LogP contribution in [0.3, 0.4) is 0 Å². The minimum absolute atomic E-state index is 0.00800. The molecule has 2 rings (SSSR count). The number of sulfonamides is 1. The van der Waals surface area contributed by atoms with E-state index < -0.39 is 16.0 Å². The van der Waals surface area contributed by atoms with E-state index >= 15 is 0 Å². The minimum Gasteiger partial charge on any atom is -0.465 e. The Hall–Kier alpha value is -1.15. The summed E-state index contributed by atoms with van der Waals surface area (Å²) in [5, 5.41) is 3.06. The predicted octanol–water partition coefficient (Wildman–Crippen LogP) is 0.767. The quantitative estimate of drug-likeness (QED) is 0.801. The zero-order chi connectivity index (χ0) is 14.8. The molecule has 0 bridgehead atoms. The first-order valence-corrected chi connectivity index (χ1v) is 7.91. The first-order valence-electron chi connectivity index (χ1n) is 6.05. The fourth-order valence-electron chi connectivity index (χ4n) is 2.00. The number of hydrogen-bond donors (Lipinski definition) is 2. The van der Waals surface area contributed by atoms with Crippen molar-refractivity contribution in [3.63, 3.8) is 0 Å². The summed E-state index contributed by atoms with van der Waals surface area (Å²) >= 11 is 5.96. The first-order chi connectivity index (χ1) is 9.44. The van der Waals surface area contributed by atoms with Gasteiger partial charge in [-0.2, -0.15) is 0 Å². The highest BCUT2D eigenvalue weighted by atomic mass is 35.5. The standard InChI is InChI=1S/C12H15ClN2O4S/c1-19-12(16)8-2-3-11(10(13)6-8)20(17,18)15-9-4-5-14-7-9/h2-3,6,9,14-15H,4-5,7H2,1H3. The Morgan fingerprint density at radius 2 is 2.25 bits per heavy atom. The maximum absolute atomic E-state index is 12.2. The molecule has 0 aliphatic carbocycles. The molecule has 0 saturated carbocycles. The fraction of sp³-hybridized carbons (Fsp3) is 0.417. The fourth-order valence-corrected chi connectivity index (χ4v) is 3.82. The monoisotopic (exact) mass is 318 g/mol. The van der Waals surface area contributed by atoms with Crippen LogP contribution in [0.4, 0.5) is 0 Å². The third kappa shape index (κ3) is 3.29. The molecule has 0 amide bonds. The highest BCUT2D eigenvalue weighted by Crippen LogP contribution is 2.23. The molecule has 1 aromatic rings. The van der Waals surface area contributed by atoms with Gasteiger partial charge in [0.05, 0.1) is 17.7 Å². The molecule has 1 atom stereocenters. The van der Waals surface area contributed by atoms with Crippen LogP contribution in [0, 0.1) is 0 Å². The predicted molar refractivity (Wildman–Crippen MR) is 74.4 cm³/mol. The van der Waals surface area contributed by atoms with Gasteiger partial charge in [0, 0.05) is 12.6 Å². The Bertz CT molecular complexity index is 612. The molecule has 6 nitrogen and oxygen atoms in total. The molecule has 2 N–H and O–H groups in total. The number of benzene rings is 1. The van der Waals surface area contributed by atoms with Crippen LogP contribution in [0.15, 0.2) is 23.1 Å². The molecule has 1 aliphatic rings. The van der Waals surface area contributed by atoms with Crippen LogP contribution >= 0.6 is 11.6 Å². The first kappa shape index (κ1) is 15.2. The van der Waals surface area contributed by atoms with Crippen molar-refractivity contribution in [2.45, 2.75) is 17.4 Å². The van der Waals surface area contributed by atoms with E-state index in [-0.39, 0.29) is 21.5 Å². The topological polar surface area (TPSA) is 84.5 Å². The molecule has 0 aromatic heterocycles. The number of carbonyl (C=O) groups is 1. The number of rotatable bonds is 4. The van der Waals surface area contributed by atoms with Crippen molar-refractivity contribution in [1.82, 2.24) is 10.0 Å². The van der Waals surface area contributed by atoms with Gasteiger partial charge in [-0.25, -0.2) is 17.9 Å². The molecule has 1 unspecified atom stereocenters. The highest BCUT2D eigenvalue weighted by molar-refractivity contribution is 7.89. The summed E-state index contributed by atoms with van der Waals surface area (Å²) in [5.74, 6) is -0.566. The van der Waals surface area contributed by atoms with Crippen LogP contribution in [0.1, 0.15) is 16.8 Å². The molecule has 8 heteroatoms. The van der Waals surface area contributed by atoms with Gasteiger partial charge in [0.2, 0.25) is 10.0 Å². The zero-order valence-corrected chi connectivity index (χ0v) is 12.4. The van der Waals surface area contributed by atoms with Crippen LogP contribution in [0.2, 0.25) is 5.02 Å². The lowest BCUT2D eigenvalue weighted by Crippen LogP contribution is -2.36. The second kappa shape index (κ2) is 6.09. The summed E-state index contributed by atoms with van der Waals surface area (Å²) in [7, 11) is -2.45. The number of esters is 1. The summed E-state index contributed by atoms with van der Waals surface area (Å²) in [4.78, 5) is 11.3. The summed E-state index contributed by atoms with van der Waals surface area (Å²) in [6.45, 7) is 1.37. The van der Waals surface area contributed by atoms with Crippen LogP contribution in [-0.2, 0) is 14.8 Å². The Labute approximate surface area is 122 Å². The van der Waals surface area contributed by atoms with E-state index in [1.54, 1.807) is 0 Å². The van der Waals surface area contributed by atoms with E-state index in [2.05, 4.69) is 14.8 Å². The number of methoxy groups -OCH3 is 1. The largest absolute Gasteiger partial charge is 0.465 e. The second-order valence-corrected chi connectivity index (χ2v) is 6.54. The Kier molecular flexibility index (Phi) is 4.64. The van der Waals surface area contributed by atoms with Gasteiger partial charge in [0.15, 0.2) is 0 Å². The maximum atomic E-state index is 12.2. The van der Waals surface area contributed by atoms with Crippen molar-refractivity contribution in [2.24, 2.45) is 0 Å². The average molecular weight is 319 g/mol. The molecule has 20 heavy (non-hydrogen) atoms. The molecular formula is C12H15ClN2O4S. The molecule has 1 fully saturated rings. The molecule has 1 heterocycles. The van der Waals surface area contributed by atoms with Gasteiger partial charge in [-0.15, -0.1) is 0 Å². The molecular weight excluding hydrogens is 304 g/mol. The lowest BCUT2D eigenvalue weighted by Gasteiger charge is -2.13. The van der Waals surface area contributed by atoms with Crippen molar-refractivity contribution < 1.29 is 17.9 Å². The van der Waals surface area contributed by atoms with Crippen molar-refractivity contribution >= 4 is 27.6 Å². The number of halogens is 1. The molecule has 1 saturated heterocycles. The van der Waals surface area contributed by atoms with Crippen LogP contribution in [0.25, 0.3) is 0 Å². The molecule has 1 aliphatic heterocycles. The van der Waals surface area contributed by atoms with E-state index in [1.165, 1.54) is 25.3 Å². The van der Waals surface area contributed by atoms with E-state index in [9.17, 15) is 13.2 Å². The van der Waals surface area contributed by atoms with Crippen molar-refractivity contribution in [3.05, 3.63) is 28.8 Å². The van der Waals surface area contributed by atoms with Gasteiger partial charge < -0.3 is 10.1 Å². The second-order valence-electron chi connectivity index (χ2n) is 4.45. The smallest absolute Gasteiger partial charge is 0.337 e. The van der Waals surface area contributed by atoms with Gasteiger partial charge >= 0.3 is 5.97 Å². The van der Waals surface area contributed by atoms with Gasteiger partial charge in [-0.05, 0) is 31.2 Å². The zero-order valence-electron chi connectivity index (χ0n) is 10.8. The summed E-state index contributed by atoms with van der Waals surface area (Å²) < 4.78 is 31.6. The summed E-state index contributed by atoms with van der Waals surface area (Å²) in [5.41, 5.74) is 0.207.